The van der Waals surface area contributed by atoms with E-state index in [1.165, 1.54) is 18.6 Å². The molecule has 2 saturated heterocycles. The smallest absolute Gasteiger partial charge is 0.274 e. The third-order valence-corrected chi connectivity index (χ3v) is 8.11. The van der Waals surface area contributed by atoms with E-state index in [1.807, 2.05) is 24.3 Å². The molecule has 2 aliphatic heterocycles. The van der Waals surface area contributed by atoms with Gasteiger partial charge < -0.3 is 9.64 Å². The number of sulfonamides is 1. The molecule has 0 N–H and O–H groups in total. The average Bonchev–Trinajstić information content (AvgIpc) is 2.88. The summed E-state index contributed by atoms with van der Waals surface area (Å²) in [5, 5.41) is -0.451. The molecule has 1 aromatic carbocycles. The van der Waals surface area contributed by atoms with Gasteiger partial charge in [0.2, 0.25) is 10.0 Å². The first kappa shape index (κ1) is 19.8. The molecule has 154 valence electrons. The van der Waals surface area contributed by atoms with Gasteiger partial charge in [0.1, 0.15) is 11.4 Å². The fourth-order valence-corrected chi connectivity index (χ4v) is 6.42. The summed E-state index contributed by atoms with van der Waals surface area (Å²) >= 11 is 0. The molecular formula is C20H24N4O4S. The van der Waals surface area contributed by atoms with Crippen LogP contribution in [0.2, 0.25) is 0 Å². The number of rotatable bonds is 4. The minimum atomic E-state index is -3.42. The number of carbonyl (C=O) groups excluding carboxylic acids is 1. The van der Waals surface area contributed by atoms with E-state index in [2.05, 4.69) is 9.97 Å². The third-order valence-electron chi connectivity index (χ3n) is 5.72. The summed E-state index contributed by atoms with van der Waals surface area (Å²) in [4.78, 5) is 22.4. The summed E-state index contributed by atoms with van der Waals surface area (Å²) in [7, 11) is -1.82. The standard InChI is InChI=1S/C20H24N4O4S/c1-28-17-4-2-3-15(11-17)13-24-14-16-5-9-23(10-6-19(16)29(24,26)27)20(25)18-12-21-7-8-22-18/h2-4,7-8,11-12,16,19H,5-6,9-10,13-14H2,1H3/t16-,19-/m0/s1. The minimum absolute atomic E-state index is 0.0188. The van der Waals surface area contributed by atoms with Crippen LogP contribution >= 0.6 is 0 Å². The Labute approximate surface area is 170 Å². The van der Waals surface area contributed by atoms with E-state index < -0.39 is 15.3 Å². The lowest BCUT2D eigenvalue weighted by molar-refractivity contribution is 0.0752. The largest absolute Gasteiger partial charge is 0.497 e. The molecular weight excluding hydrogens is 392 g/mol. The second-order valence-electron chi connectivity index (χ2n) is 7.45. The zero-order valence-electron chi connectivity index (χ0n) is 16.3. The van der Waals surface area contributed by atoms with Crippen LogP contribution in [0.25, 0.3) is 0 Å². The molecule has 2 atom stereocenters. The number of carbonyl (C=O) groups is 1. The van der Waals surface area contributed by atoms with Gasteiger partial charge in [-0.2, -0.15) is 4.31 Å². The van der Waals surface area contributed by atoms with Crippen LogP contribution in [0.15, 0.2) is 42.9 Å². The van der Waals surface area contributed by atoms with Gasteiger partial charge in [-0.1, -0.05) is 12.1 Å². The Kier molecular flexibility index (Phi) is 5.51. The van der Waals surface area contributed by atoms with Crippen molar-refractivity contribution in [2.75, 3.05) is 26.7 Å². The number of fused-ring (bicyclic) bond motifs is 1. The molecule has 4 rings (SSSR count). The zero-order valence-corrected chi connectivity index (χ0v) is 17.1. The fraction of sp³-hybridized carbons (Fsp3) is 0.450. The van der Waals surface area contributed by atoms with Crippen LogP contribution in [0.1, 0.15) is 28.9 Å². The molecule has 0 bridgehead atoms. The van der Waals surface area contributed by atoms with Gasteiger partial charge in [0.25, 0.3) is 5.91 Å². The number of likely N-dealkylation sites (tertiary alicyclic amines) is 1. The Hall–Kier alpha value is -2.52. The minimum Gasteiger partial charge on any atom is -0.497 e. The lowest BCUT2D eigenvalue weighted by atomic mass is 10.0. The highest BCUT2D eigenvalue weighted by Gasteiger charge is 2.47. The second-order valence-corrected chi connectivity index (χ2v) is 9.60. The summed E-state index contributed by atoms with van der Waals surface area (Å²) in [6.45, 7) is 1.76. The normalized spacial score (nSPS) is 24.0. The van der Waals surface area contributed by atoms with Gasteiger partial charge in [0.05, 0.1) is 18.6 Å². The number of hydrogen-bond acceptors (Lipinski definition) is 6. The predicted molar refractivity (Wildman–Crippen MR) is 107 cm³/mol. The highest BCUT2D eigenvalue weighted by atomic mass is 32.2. The summed E-state index contributed by atoms with van der Waals surface area (Å²) in [5.74, 6) is 0.542. The monoisotopic (exact) mass is 416 g/mol. The van der Waals surface area contributed by atoms with Gasteiger partial charge in [-0.15, -0.1) is 0 Å². The number of ether oxygens (including phenoxy) is 1. The Balaban J connectivity index is 1.46. The van der Waals surface area contributed by atoms with Gasteiger partial charge in [-0.05, 0) is 36.5 Å². The Morgan fingerprint density at radius 3 is 2.83 bits per heavy atom. The molecule has 0 spiro atoms. The Bertz CT molecular complexity index is 983. The van der Waals surface area contributed by atoms with Crippen LogP contribution in [0.3, 0.4) is 0 Å². The molecule has 1 amide bonds. The van der Waals surface area contributed by atoms with Crippen molar-refractivity contribution < 1.29 is 17.9 Å². The van der Waals surface area contributed by atoms with E-state index in [0.29, 0.717) is 50.5 Å². The van der Waals surface area contributed by atoms with E-state index in [1.54, 1.807) is 16.3 Å². The van der Waals surface area contributed by atoms with E-state index in [-0.39, 0.29) is 11.8 Å². The third kappa shape index (κ3) is 3.97. The number of amides is 1. The number of aromatic nitrogens is 2. The van der Waals surface area contributed by atoms with Gasteiger partial charge in [-0.3, -0.25) is 9.78 Å². The second kappa shape index (κ2) is 8.08. The molecule has 0 radical (unpaired) electrons. The summed E-state index contributed by atoms with van der Waals surface area (Å²) in [6.07, 6.45) is 5.55. The van der Waals surface area contributed by atoms with Gasteiger partial charge >= 0.3 is 0 Å². The van der Waals surface area contributed by atoms with Crippen molar-refractivity contribution in [3.8, 4) is 5.75 Å². The lowest BCUT2D eigenvalue weighted by Crippen LogP contribution is -2.35. The maximum atomic E-state index is 13.2. The van der Waals surface area contributed by atoms with Gasteiger partial charge in [0, 0.05) is 38.6 Å². The molecule has 0 unspecified atom stereocenters. The highest BCUT2D eigenvalue weighted by molar-refractivity contribution is 7.90. The first-order valence-corrected chi connectivity index (χ1v) is 11.2. The van der Waals surface area contributed by atoms with Crippen LogP contribution in [0.4, 0.5) is 0 Å². The molecule has 29 heavy (non-hydrogen) atoms. The van der Waals surface area contributed by atoms with Crippen molar-refractivity contribution in [2.45, 2.75) is 24.6 Å². The van der Waals surface area contributed by atoms with E-state index >= 15 is 0 Å². The van der Waals surface area contributed by atoms with Crippen LogP contribution < -0.4 is 4.74 Å². The first-order chi connectivity index (χ1) is 14.0. The molecule has 8 nitrogen and oxygen atoms in total. The van der Waals surface area contributed by atoms with Crippen molar-refractivity contribution in [3.05, 3.63) is 54.1 Å². The van der Waals surface area contributed by atoms with E-state index in [0.717, 1.165) is 5.56 Å². The predicted octanol–water partition coefficient (Wildman–Crippen LogP) is 1.55. The molecule has 2 fully saturated rings. The van der Waals surface area contributed by atoms with Crippen molar-refractivity contribution in [3.63, 3.8) is 0 Å². The molecule has 2 aliphatic rings. The number of nitrogens with zero attached hydrogens (tertiary/aromatic N) is 4. The van der Waals surface area contributed by atoms with Crippen LogP contribution in [-0.4, -0.2) is 65.5 Å². The summed E-state index contributed by atoms with van der Waals surface area (Å²) < 4.78 is 33.1. The summed E-state index contributed by atoms with van der Waals surface area (Å²) in [6, 6.07) is 7.48. The SMILES string of the molecule is COc1cccc(CN2C[C@@H]3CCN(C(=O)c4cnccn4)CC[C@@H]3S2(=O)=O)c1. The first-order valence-electron chi connectivity index (χ1n) is 9.66. The van der Waals surface area contributed by atoms with Crippen LogP contribution in [-0.2, 0) is 16.6 Å². The summed E-state index contributed by atoms with van der Waals surface area (Å²) in [5.41, 5.74) is 1.20. The fourth-order valence-electron chi connectivity index (χ4n) is 4.20. The molecule has 1 aromatic heterocycles. The highest BCUT2D eigenvalue weighted by Crippen LogP contribution is 2.35. The van der Waals surface area contributed by atoms with Crippen LogP contribution in [0.5, 0.6) is 5.75 Å². The number of benzene rings is 1. The molecule has 0 saturated carbocycles. The van der Waals surface area contributed by atoms with E-state index in [4.69, 9.17) is 4.74 Å². The lowest BCUT2D eigenvalue weighted by Gasteiger charge is -2.22. The van der Waals surface area contributed by atoms with Crippen molar-refractivity contribution in [1.29, 1.82) is 0 Å². The molecule has 2 aromatic rings. The Morgan fingerprint density at radius 2 is 2.07 bits per heavy atom. The molecule has 0 aliphatic carbocycles. The van der Waals surface area contributed by atoms with Gasteiger partial charge in [0.15, 0.2) is 0 Å². The maximum absolute atomic E-state index is 13.2. The quantitative estimate of drug-likeness (QED) is 0.751. The zero-order chi connectivity index (χ0) is 20.4. The number of hydrogen-bond donors (Lipinski definition) is 0. The molecule has 9 heteroatoms. The maximum Gasteiger partial charge on any atom is 0.274 e. The van der Waals surface area contributed by atoms with Crippen molar-refractivity contribution in [1.82, 2.24) is 19.2 Å². The average molecular weight is 417 g/mol. The number of methoxy groups -OCH3 is 1. The molecule has 3 heterocycles. The topological polar surface area (TPSA) is 92.7 Å². The Morgan fingerprint density at radius 1 is 1.24 bits per heavy atom. The van der Waals surface area contributed by atoms with Crippen LogP contribution in [0, 0.1) is 5.92 Å². The van der Waals surface area contributed by atoms with Gasteiger partial charge in [-0.25, -0.2) is 13.4 Å². The van der Waals surface area contributed by atoms with Crippen molar-refractivity contribution >= 4 is 15.9 Å². The van der Waals surface area contributed by atoms with E-state index in [9.17, 15) is 13.2 Å². The van der Waals surface area contributed by atoms with Crippen molar-refractivity contribution in [2.24, 2.45) is 5.92 Å².